The predicted octanol–water partition coefficient (Wildman–Crippen LogP) is 0.469. The summed E-state index contributed by atoms with van der Waals surface area (Å²) in [6, 6.07) is 3.78. The van der Waals surface area contributed by atoms with Crippen LogP contribution in [0.2, 0.25) is 0 Å². The summed E-state index contributed by atoms with van der Waals surface area (Å²) in [6.07, 6.45) is 4.41. The summed E-state index contributed by atoms with van der Waals surface area (Å²) >= 11 is 1.47. The van der Waals surface area contributed by atoms with Crippen LogP contribution >= 0.6 is 11.3 Å². The topological polar surface area (TPSA) is 59.3 Å². The van der Waals surface area contributed by atoms with E-state index in [1.807, 2.05) is 12.1 Å². The van der Waals surface area contributed by atoms with Crippen molar-refractivity contribution in [2.45, 2.75) is 6.42 Å². The summed E-state index contributed by atoms with van der Waals surface area (Å²) in [5, 5.41) is 5.54. The van der Waals surface area contributed by atoms with Gasteiger partial charge < -0.3 is 10.2 Å². The number of carbonyl (C=O) groups is 1. The molecule has 2 aromatic heterocycles. The molecule has 2 N–H and O–H groups in total. The van der Waals surface area contributed by atoms with E-state index in [4.69, 9.17) is 0 Å². The fourth-order valence-corrected chi connectivity index (χ4v) is 2.55. The molecule has 0 spiro atoms. The number of carbonyl (C=O) groups excluding carboxylic acids is 1. The summed E-state index contributed by atoms with van der Waals surface area (Å²) in [6.45, 7) is 1.73. The average molecular weight is 291 g/mol. The molecule has 0 aromatic carbocycles. The highest BCUT2D eigenvalue weighted by Crippen LogP contribution is 2.22. The second-order valence-electron chi connectivity index (χ2n) is 4.84. The Morgan fingerprint density at radius 2 is 2.10 bits per heavy atom. The first kappa shape index (κ1) is 14.6. The van der Waals surface area contributed by atoms with Crippen molar-refractivity contribution in [3.63, 3.8) is 0 Å². The molecule has 2 aromatic rings. The molecule has 5 nitrogen and oxygen atoms in total. The maximum Gasteiger partial charge on any atom is 0.270 e. The van der Waals surface area contributed by atoms with E-state index in [9.17, 15) is 4.79 Å². The van der Waals surface area contributed by atoms with Crippen LogP contribution in [0.15, 0.2) is 29.9 Å². The maximum absolute atomic E-state index is 11.9. The van der Waals surface area contributed by atoms with Crippen LogP contribution in [-0.4, -0.2) is 43.1 Å². The monoisotopic (exact) mass is 291 g/mol. The molecule has 0 aliphatic carbocycles. The molecule has 0 radical (unpaired) electrons. The van der Waals surface area contributed by atoms with Crippen LogP contribution in [0, 0.1) is 0 Å². The first-order valence-corrected chi connectivity index (χ1v) is 7.48. The SMILES string of the molecule is C[NH+](C)CCCNC(=O)c1csc(-c2ccncc2)n1. The molecule has 0 aliphatic heterocycles. The molecule has 1 amide bonds. The highest BCUT2D eigenvalue weighted by Gasteiger charge is 2.11. The predicted molar refractivity (Wildman–Crippen MR) is 80.0 cm³/mol. The van der Waals surface area contributed by atoms with Crippen molar-refractivity contribution < 1.29 is 9.69 Å². The van der Waals surface area contributed by atoms with E-state index < -0.39 is 0 Å². The third-order valence-electron chi connectivity index (χ3n) is 2.80. The van der Waals surface area contributed by atoms with Gasteiger partial charge in [0.2, 0.25) is 0 Å². The highest BCUT2D eigenvalue weighted by molar-refractivity contribution is 7.13. The Morgan fingerprint density at radius 1 is 1.35 bits per heavy atom. The molecule has 0 saturated carbocycles. The lowest BCUT2D eigenvalue weighted by atomic mass is 10.3. The lowest BCUT2D eigenvalue weighted by molar-refractivity contribution is -0.858. The van der Waals surface area contributed by atoms with Gasteiger partial charge in [0.25, 0.3) is 5.91 Å². The standard InChI is InChI=1S/C14H18N4OS/c1-18(2)9-3-6-16-13(19)12-10-20-14(17-12)11-4-7-15-8-5-11/h4-5,7-8,10H,3,6,9H2,1-2H3,(H,16,19)/p+1. The number of nitrogens with one attached hydrogen (secondary N) is 2. The summed E-state index contributed by atoms with van der Waals surface area (Å²) in [5.41, 5.74) is 1.47. The van der Waals surface area contributed by atoms with Gasteiger partial charge in [-0.3, -0.25) is 9.78 Å². The molecule has 0 bridgehead atoms. The van der Waals surface area contributed by atoms with Crippen LogP contribution in [0.4, 0.5) is 0 Å². The van der Waals surface area contributed by atoms with Crippen molar-refractivity contribution in [2.24, 2.45) is 0 Å². The lowest BCUT2D eigenvalue weighted by Crippen LogP contribution is -3.05. The Bertz CT molecular complexity index is 553. The number of aromatic nitrogens is 2. The molecule has 0 atom stereocenters. The van der Waals surface area contributed by atoms with Gasteiger partial charge in [-0.1, -0.05) is 0 Å². The molecule has 0 fully saturated rings. The largest absolute Gasteiger partial charge is 0.350 e. The Labute approximate surface area is 122 Å². The quantitative estimate of drug-likeness (QED) is 0.761. The molecule has 2 rings (SSSR count). The Kier molecular flexibility index (Phi) is 5.20. The van der Waals surface area contributed by atoms with Crippen LogP contribution in [0.3, 0.4) is 0 Å². The number of nitrogens with zero attached hydrogens (tertiary/aromatic N) is 2. The van der Waals surface area contributed by atoms with E-state index in [1.165, 1.54) is 16.2 Å². The second kappa shape index (κ2) is 7.12. The van der Waals surface area contributed by atoms with Gasteiger partial charge in [0.15, 0.2) is 0 Å². The molecule has 20 heavy (non-hydrogen) atoms. The summed E-state index contributed by atoms with van der Waals surface area (Å²) < 4.78 is 0. The van der Waals surface area contributed by atoms with E-state index >= 15 is 0 Å². The van der Waals surface area contributed by atoms with E-state index in [2.05, 4.69) is 29.4 Å². The van der Waals surface area contributed by atoms with Crippen molar-refractivity contribution in [3.05, 3.63) is 35.6 Å². The number of quaternary nitrogens is 1. The van der Waals surface area contributed by atoms with Gasteiger partial charge in [-0.05, 0) is 12.1 Å². The number of amides is 1. The van der Waals surface area contributed by atoms with Crippen LogP contribution < -0.4 is 10.2 Å². The van der Waals surface area contributed by atoms with Gasteiger partial charge in [0.05, 0.1) is 20.6 Å². The zero-order chi connectivity index (χ0) is 14.4. The molecular weight excluding hydrogens is 272 g/mol. The fraction of sp³-hybridized carbons (Fsp3) is 0.357. The van der Waals surface area contributed by atoms with E-state index in [0.717, 1.165) is 23.5 Å². The van der Waals surface area contributed by atoms with Gasteiger partial charge in [-0.25, -0.2) is 4.98 Å². The third-order valence-corrected chi connectivity index (χ3v) is 3.69. The minimum absolute atomic E-state index is 0.102. The van der Waals surface area contributed by atoms with E-state index in [-0.39, 0.29) is 5.91 Å². The van der Waals surface area contributed by atoms with Crippen LogP contribution in [0.5, 0.6) is 0 Å². The molecule has 0 unspecified atom stereocenters. The highest BCUT2D eigenvalue weighted by atomic mass is 32.1. The van der Waals surface area contributed by atoms with Gasteiger partial charge in [-0.2, -0.15) is 0 Å². The van der Waals surface area contributed by atoms with Crippen molar-refractivity contribution in [2.75, 3.05) is 27.2 Å². The van der Waals surface area contributed by atoms with Gasteiger partial charge >= 0.3 is 0 Å². The molecule has 106 valence electrons. The van der Waals surface area contributed by atoms with Crippen LogP contribution in [0.25, 0.3) is 10.6 Å². The van der Waals surface area contributed by atoms with E-state index in [1.54, 1.807) is 17.8 Å². The normalized spacial score (nSPS) is 10.8. The maximum atomic E-state index is 11.9. The minimum atomic E-state index is -0.102. The fourth-order valence-electron chi connectivity index (χ4n) is 1.74. The van der Waals surface area contributed by atoms with Crippen molar-refractivity contribution in [1.29, 1.82) is 0 Å². The minimum Gasteiger partial charge on any atom is -0.350 e. The number of rotatable bonds is 6. The Morgan fingerprint density at radius 3 is 2.80 bits per heavy atom. The van der Waals surface area contributed by atoms with Crippen LogP contribution in [0.1, 0.15) is 16.9 Å². The number of hydrogen-bond donors (Lipinski definition) is 2. The number of thiazole rings is 1. The summed E-state index contributed by atoms with van der Waals surface area (Å²) in [5.74, 6) is -0.102. The van der Waals surface area contributed by atoms with Gasteiger partial charge in [-0.15, -0.1) is 11.3 Å². The smallest absolute Gasteiger partial charge is 0.270 e. The Hall–Kier alpha value is -1.79. The first-order valence-electron chi connectivity index (χ1n) is 6.60. The molecule has 0 saturated heterocycles. The Balaban J connectivity index is 1.90. The van der Waals surface area contributed by atoms with Crippen molar-refractivity contribution in [3.8, 4) is 10.6 Å². The average Bonchev–Trinajstić information content (AvgIpc) is 2.94. The number of hydrogen-bond acceptors (Lipinski definition) is 4. The van der Waals surface area contributed by atoms with Crippen molar-refractivity contribution >= 4 is 17.2 Å². The lowest BCUT2D eigenvalue weighted by Gasteiger charge is -2.07. The molecular formula is C14H19N4OS+. The van der Waals surface area contributed by atoms with Gasteiger partial charge in [0.1, 0.15) is 10.7 Å². The number of pyridine rings is 1. The zero-order valence-electron chi connectivity index (χ0n) is 11.7. The summed E-state index contributed by atoms with van der Waals surface area (Å²) in [7, 11) is 4.20. The van der Waals surface area contributed by atoms with Crippen molar-refractivity contribution in [1.82, 2.24) is 15.3 Å². The third kappa shape index (κ3) is 4.11. The zero-order valence-corrected chi connectivity index (χ0v) is 12.5. The summed E-state index contributed by atoms with van der Waals surface area (Å²) in [4.78, 5) is 21.7. The van der Waals surface area contributed by atoms with Gasteiger partial charge in [0, 0.05) is 36.3 Å². The van der Waals surface area contributed by atoms with Crippen LogP contribution in [-0.2, 0) is 0 Å². The van der Waals surface area contributed by atoms with E-state index in [0.29, 0.717) is 12.2 Å². The molecule has 6 heteroatoms. The molecule has 2 heterocycles. The molecule has 0 aliphatic rings. The second-order valence-corrected chi connectivity index (χ2v) is 5.70. The first-order chi connectivity index (χ1) is 9.66.